The number of rotatable bonds is 3. The second kappa shape index (κ2) is 8.53. The first-order valence-electron chi connectivity index (χ1n) is 8.94. The molecule has 0 heterocycles. The number of hydrogen-bond donors (Lipinski definition) is 1. The lowest BCUT2D eigenvalue weighted by Gasteiger charge is -2.20. The highest BCUT2D eigenvalue weighted by molar-refractivity contribution is 5.86. The van der Waals surface area contributed by atoms with Crippen LogP contribution in [0.4, 0.5) is 10.5 Å². The number of anilines is 1. The minimum atomic E-state index is -0.342. The van der Waals surface area contributed by atoms with Gasteiger partial charge < -0.3 is 4.74 Å². The molecule has 0 spiro atoms. The monoisotopic (exact) mass is 323 g/mol. The van der Waals surface area contributed by atoms with Crippen LogP contribution in [-0.2, 0) is 4.74 Å². The number of ether oxygens (including phenoxy) is 1. The van der Waals surface area contributed by atoms with Gasteiger partial charge in [-0.05, 0) is 48.9 Å². The maximum Gasteiger partial charge on any atom is 0.411 e. The van der Waals surface area contributed by atoms with Crippen molar-refractivity contribution in [2.45, 2.75) is 51.0 Å². The molecule has 2 aromatic rings. The summed E-state index contributed by atoms with van der Waals surface area (Å²) in [4.78, 5) is 12.2. The van der Waals surface area contributed by atoms with Crippen LogP contribution in [0.25, 0.3) is 11.1 Å². The van der Waals surface area contributed by atoms with E-state index in [0.29, 0.717) is 0 Å². The minimum absolute atomic E-state index is 0.0580. The third-order valence-electron chi connectivity index (χ3n) is 4.54. The average Bonchev–Trinajstić information content (AvgIpc) is 2.58. The topological polar surface area (TPSA) is 38.3 Å². The van der Waals surface area contributed by atoms with Crippen LogP contribution in [0.15, 0.2) is 54.6 Å². The third-order valence-corrected chi connectivity index (χ3v) is 4.54. The molecule has 3 heteroatoms. The molecule has 0 aromatic heterocycles. The second-order valence-electron chi connectivity index (χ2n) is 6.44. The molecule has 24 heavy (non-hydrogen) atoms. The zero-order chi connectivity index (χ0) is 16.6. The predicted octanol–water partition coefficient (Wildman–Crippen LogP) is 6.02. The van der Waals surface area contributed by atoms with Crippen LogP contribution in [-0.4, -0.2) is 12.2 Å². The molecule has 3 nitrogen and oxygen atoms in total. The molecule has 126 valence electrons. The summed E-state index contributed by atoms with van der Waals surface area (Å²) in [5.41, 5.74) is 2.99. The Labute approximate surface area is 144 Å². The maximum atomic E-state index is 12.2. The van der Waals surface area contributed by atoms with Gasteiger partial charge in [0, 0.05) is 5.69 Å². The Bertz CT molecular complexity index is 646. The summed E-state index contributed by atoms with van der Waals surface area (Å²) >= 11 is 0. The molecule has 1 saturated carbocycles. The fraction of sp³-hybridized carbons (Fsp3) is 0.381. The normalized spacial score (nSPS) is 16.0. The summed E-state index contributed by atoms with van der Waals surface area (Å²) in [6, 6.07) is 18.0. The molecule has 1 fully saturated rings. The zero-order valence-electron chi connectivity index (χ0n) is 14.0. The smallest absolute Gasteiger partial charge is 0.411 e. The standard InChI is InChI=1S/C21H25NO2/c23-21(24-20-14-7-2-1-3-8-15-20)22-19-13-9-12-18(16-19)17-10-5-4-6-11-17/h4-6,9-13,16,20H,1-3,7-8,14-15H2,(H,22,23). The Morgan fingerprint density at radius 3 is 2.25 bits per heavy atom. The number of amides is 1. The van der Waals surface area contributed by atoms with Crippen molar-refractivity contribution >= 4 is 11.8 Å². The largest absolute Gasteiger partial charge is 0.446 e. The molecule has 0 saturated heterocycles. The Hall–Kier alpha value is -2.29. The lowest BCUT2D eigenvalue weighted by Crippen LogP contribution is -2.23. The van der Waals surface area contributed by atoms with Crippen LogP contribution >= 0.6 is 0 Å². The van der Waals surface area contributed by atoms with Crippen molar-refractivity contribution in [3.05, 3.63) is 54.6 Å². The zero-order valence-corrected chi connectivity index (χ0v) is 14.0. The Kier molecular flexibility index (Phi) is 5.89. The maximum absolute atomic E-state index is 12.2. The molecule has 0 aliphatic heterocycles. The van der Waals surface area contributed by atoms with E-state index in [2.05, 4.69) is 17.4 Å². The molecule has 1 N–H and O–H groups in total. The molecule has 0 atom stereocenters. The van der Waals surface area contributed by atoms with Crippen molar-refractivity contribution in [2.24, 2.45) is 0 Å². The number of benzene rings is 2. The SMILES string of the molecule is O=C(Nc1cccc(-c2ccccc2)c1)OC1CCCCCCC1. The van der Waals surface area contributed by atoms with E-state index in [-0.39, 0.29) is 12.2 Å². The van der Waals surface area contributed by atoms with Crippen molar-refractivity contribution in [2.75, 3.05) is 5.32 Å². The van der Waals surface area contributed by atoms with Crippen LogP contribution in [0.5, 0.6) is 0 Å². The van der Waals surface area contributed by atoms with Gasteiger partial charge in [0.2, 0.25) is 0 Å². The predicted molar refractivity (Wildman–Crippen MR) is 98.1 cm³/mol. The minimum Gasteiger partial charge on any atom is -0.446 e. The van der Waals surface area contributed by atoms with Gasteiger partial charge in [-0.15, -0.1) is 0 Å². The van der Waals surface area contributed by atoms with Crippen LogP contribution in [0, 0.1) is 0 Å². The number of carbonyl (C=O) groups is 1. The van der Waals surface area contributed by atoms with E-state index < -0.39 is 0 Å². The van der Waals surface area contributed by atoms with E-state index in [9.17, 15) is 4.79 Å². The van der Waals surface area contributed by atoms with E-state index in [1.54, 1.807) is 0 Å². The summed E-state index contributed by atoms with van der Waals surface area (Å²) in [6.07, 6.45) is 7.80. The second-order valence-corrected chi connectivity index (χ2v) is 6.44. The highest BCUT2D eigenvalue weighted by atomic mass is 16.6. The van der Waals surface area contributed by atoms with Crippen molar-refractivity contribution in [1.82, 2.24) is 0 Å². The van der Waals surface area contributed by atoms with Crippen molar-refractivity contribution in [3.8, 4) is 11.1 Å². The Morgan fingerprint density at radius 2 is 1.50 bits per heavy atom. The first-order valence-corrected chi connectivity index (χ1v) is 8.94. The number of nitrogens with one attached hydrogen (secondary N) is 1. The van der Waals surface area contributed by atoms with Gasteiger partial charge in [0.15, 0.2) is 0 Å². The van der Waals surface area contributed by atoms with Gasteiger partial charge in [-0.3, -0.25) is 5.32 Å². The molecule has 1 aliphatic rings. The van der Waals surface area contributed by atoms with Crippen molar-refractivity contribution in [3.63, 3.8) is 0 Å². The molecule has 0 bridgehead atoms. The highest BCUT2D eigenvalue weighted by Gasteiger charge is 2.16. The third kappa shape index (κ3) is 4.85. The summed E-state index contributed by atoms with van der Waals surface area (Å²) in [7, 11) is 0. The summed E-state index contributed by atoms with van der Waals surface area (Å²) in [5.74, 6) is 0. The van der Waals surface area contributed by atoms with E-state index in [1.165, 1.54) is 19.3 Å². The Morgan fingerprint density at radius 1 is 0.833 bits per heavy atom. The molecule has 1 aliphatic carbocycles. The van der Waals surface area contributed by atoms with Gasteiger partial charge in [0.1, 0.15) is 6.10 Å². The molecule has 1 amide bonds. The quantitative estimate of drug-likeness (QED) is 0.750. The van der Waals surface area contributed by atoms with Gasteiger partial charge in [0.05, 0.1) is 0 Å². The number of carbonyl (C=O) groups excluding carboxylic acids is 1. The average molecular weight is 323 g/mol. The molecular formula is C21H25NO2. The van der Waals surface area contributed by atoms with Gasteiger partial charge in [0.25, 0.3) is 0 Å². The van der Waals surface area contributed by atoms with Crippen LogP contribution in [0.3, 0.4) is 0 Å². The fourth-order valence-electron chi connectivity index (χ4n) is 3.24. The summed E-state index contributed by atoms with van der Waals surface area (Å²) < 4.78 is 5.63. The molecule has 0 unspecified atom stereocenters. The van der Waals surface area contributed by atoms with Gasteiger partial charge in [-0.25, -0.2) is 4.79 Å². The van der Waals surface area contributed by atoms with Gasteiger partial charge >= 0.3 is 6.09 Å². The summed E-state index contributed by atoms with van der Waals surface area (Å²) in [6.45, 7) is 0. The fourth-order valence-corrected chi connectivity index (χ4v) is 3.24. The Balaban J connectivity index is 1.60. The summed E-state index contributed by atoms with van der Waals surface area (Å²) in [5, 5.41) is 2.87. The van der Waals surface area contributed by atoms with Crippen molar-refractivity contribution < 1.29 is 9.53 Å². The van der Waals surface area contributed by atoms with Crippen molar-refractivity contribution in [1.29, 1.82) is 0 Å². The highest BCUT2D eigenvalue weighted by Crippen LogP contribution is 2.23. The van der Waals surface area contributed by atoms with Crippen LogP contribution in [0.2, 0.25) is 0 Å². The molecular weight excluding hydrogens is 298 g/mol. The van der Waals surface area contributed by atoms with E-state index >= 15 is 0 Å². The lowest BCUT2D eigenvalue weighted by atomic mass is 9.99. The number of hydrogen-bond acceptors (Lipinski definition) is 2. The lowest BCUT2D eigenvalue weighted by molar-refractivity contribution is 0.0933. The van der Waals surface area contributed by atoms with E-state index in [0.717, 1.165) is 42.5 Å². The van der Waals surface area contributed by atoms with Gasteiger partial charge in [-0.1, -0.05) is 61.7 Å². The van der Waals surface area contributed by atoms with E-state index in [4.69, 9.17) is 4.74 Å². The van der Waals surface area contributed by atoms with E-state index in [1.807, 2.05) is 42.5 Å². The van der Waals surface area contributed by atoms with Crippen LogP contribution in [0.1, 0.15) is 44.9 Å². The first-order chi connectivity index (χ1) is 11.8. The molecule has 3 rings (SSSR count). The molecule has 2 aromatic carbocycles. The molecule has 0 radical (unpaired) electrons. The van der Waals surface area contributed by atoms with Gasteiger partial charge in [-0.2, -0.15) is 0 Å². The van der Waals surface area contributed by atoms with Crippen LogP contribution < -0.4 is 5.32 Å². The first kappa shape index (κ1) is 16.6.